The molecule has 27 heavy (non-hydrogen) atoms. The van der Waals surface area contributed by atoms with Crippen LogP contribution in [0.1, 0.15) is 22.3 Å². The van der Waals surface area contributed by atoms with Crippen LogP contribution in [0.25, 0.3) is 0 Å². The SMILES string of the molecule is COc1ccc(CN2C(=O)[C@@](O)(c3ccc(C)cc3)c3ccccc32)cc1. The second-order valence-corrected chi connectivity index (χ2v) is 6.83. The number of ether oxygens (including phenoxy) is 1. The highest BCUT2D eigenvalue weighted by Gasteiger charge is 2.50. The lowest BCUT2D eigenvalue weighted by atomic mass is 9.87. The van der Waals surface area contributed by atoms with E-state index in [1.54, 1.807) is 12.0 Å². The zero-order chi connectivity index (χ0) is 19.0. The van der Waals surface area contributed by atoms with Gasteiger partial charge >= 0.3 is 0 Å². The van der Waals surface area contributed by atoms with E-state index in [4.69, 9.17) is 4.74 Å². The number of aryl methyl sites for hydroxylation is 1. The average molecular weight is 359 g/mol. The van der Waals surface area contributed by atoms with Crippen molar-refractivity contribution in [3.63, 3.8) is 0 Å². The van der Waals surface area contributed by atoms with Crippen LogP contribution in [0.15, 0.2) is 72.8 Å². The lowest BCUT2D eigenvalue weighted by Crippen LogP contribution is -2.40. The van der Waals surface area contributed by atoms with E-state index in [1.807, 2.05) is 79.7 Å². The van der Waals surface area contributed by atoms with E-state index in [2.05, 4.69) is 0 Å². The summed E-state index contributed by atoms with van der Waals surface area (Å²) in [6, 6.07) is 22.5. The Morgan fingerprint density at radius 1 is 0.963 bits per heavy atom. The number of benzene rings is 3. The summed E-state index contributed by atoms with van der Waals surface area (Å²) in [6.45, 7) is 2.36. The van der Waals surface area contributed by atoms with E-state index < -0.39 is 5.60 Å². The summed E-state index contributed by atoms with van der Waals surface area (Å²) in [5.41, 5.74) is 2.32. The molecular formula is C23H21NO3. The fourth-order valence-electron chi connectivity index (χ4n) is 3.58. The van der Waals surface area contributed by atoms with Crippen LogP contribution in [0, 0.1) is 6.92 Å². The first kappa shape index (κ1) is 17.3. The molecule has 0 spiro atoms. The summed E-state index contributed by atoms with van der Waals surface area (Å²) >= 11 is 0. The fourth-order valence-corrected chi connectivity index (χ4v) is 3.58. The van der Waals surface area contributed by atoms with Gasteiger partial charge in [-0.2, -0.15) is 0 Å². The molecule has 0 unspecified atom stereocenters. The smallest absolute Gasteiger partial charge is 0.268 e. The van der Waals surface area contributed by atoms with Gasteiger partial charge in [-0.3, -0.25) is 4.79 Å². The molecule has 1 N–H and O–H groups in total. The topological polar surface area (TPSA) is 49.8 Å². The Morgan fingerprint density at radius 3 is 2.30 bits per heavy atom. The Labute approximate surface area is 158 Å². The minimum Gasteiger partial charge on any atom is -0.497 e. The molecule has 1 aliphatic heterocycles. The van der Waals surface area contributed by atoms with Gasteiger partial charge in [0, 0.05) is 5.56 Å². The summed E-state index contributed by atoms with van der Waals surface area (Å²) in [4.78, 5) is 15.0. The zero-order valence-electron chi connectivity index (χ0n) is 15.3. The molecule has 1 amide bonds. The molecule has 0 aliphatic carbocycles. The van der Waals surface area contributed by atoms with E-state index in [9.17, 15) is 9.90 Å². The minimum atomic E-state index is -1.67. The van der Waals surface area contributed by atoms with Crippen molar-refractivity contribution < 1.29 is 14.6 Å². The van der Waals surface area contributed by atoms with Gasteiger partial charge in [-0.25, -0.2) is 0 Å². The normalized spacial score (nSPS) is 18.5. The monoisotopic (exact) mass is 359 g/mol. The van der Waals surface area contributed by atoms with Crippen LogP contribution in [0.2, 0.25) is 0 Å². The van der Waals surface area contributed by atoms with Crippen LogP contribution < -0.4 is 9.64 Å². The van der Waals surface area contributed by atoms with E-state index in [1.165, 1.54) is 0 Å². The Balaban J connectivity index is 1.76. The average Bonchev–Trinajstić information content (AvgIpc) is 2.92. The van der Waals surface area contributed by atoms with Crippen LogP contribution >= 0.6 is 0 Å². The van der Waals surface area contributed by atoms with Gasteiger partial charge in [0.05, 0.1) is 19.3 Å². The molecule has 3 aromatic rings. The Hall–Kier alpha value is -3.11. The number of nitrogens with zero attached hydrogens (tertiary/aromatic N) is 1. The molecule has 0 radical (unpaired) electrons. The van der Waals surface area contributed by atoms with E-state index in [0.29, 0.717) is 17.7 Å². The van der Waals surface area contributed by atoms with Crippen LogP contribution in [0.4, 0.5) is 5.69 Å². The molecule has 1 atom stereocenters. The Kier molecular flexibility index (Phi) is 4.21. The lowest BCUT2D eigenvalue weighted by molar-refractivity contribution is -0.132. The van der Waals surface area contributed by atoms with Gasteiger partial charge in [0.1, 0.15) is 5.75 Å². The molecule has 4 nitrogen and oxygen atoms in total. The third kappa shape index (κ3) is 2.78. The van der Waals surface area contributed by atoms with Crippen molar-refractivity contribution in [3.8, 4) is 5.75 Å². The highest BCUT2D eigenvalue weighted by atomic mass is 16.5. The van der Waals surface area contributed by atoms with Crippen molar-refractivity contribution in [1.29, 1.82) is 0 Å². The molecule has 136 valence electrons. The number of hydrogen-bond donors (Lipinski definition) is 1. The Bertz CT molecular complexity index is 979. The lowest BCUT2D eigenvalue weighted by Gasteiger charge is -2.24. The molecule has 4 heteroatoms. The number of hydrogen-bond acceptors (Lipinski definition) is 3. The number of amides is 1. The number of methoxy groups -OCH3 is 1. The highest BCUT2D eigenvalue weighted by Crippen LogP contribution is 2.44. The number of carbonyl (C=O) groups excluding carboxylic acids is 1. The number of aliphatic hydroxyl groups is 1. The molecule has 1 aliphatic rings. The van der Waals surface area contributed by atoms with Gasteiger partial charge in [-0.1, -0.05) is 60.2 Å². The van der Waals surface area contributed by atoms with Crippen molar-refractivity contribution in [2.24, 2.45) is 0 Å². The largest absolute Gasteiger partial charge is 0.497 e. The van der Waals surface area contributed by atoms with Crippen molar-refractivity contribution >= 4 is 11.6 Å². The molecule has 0 saturated heterocycles. The molecule has 3 aromatic carbocycles. The summed E-state index contributed by atoms with van der Waals surface area (Å²) in [5, 5.41) is 11.5. The van der Waals surface area contributed by atoms with Gasteiger partial charge in [0.25, 0.3) is 5.91 Å². The number of anilines is 1. The number of carbonyl (C=O) groups is 1. The number of para-hydroxylation sites is 1. The predicted octanol–water partition coefficient (Wildman–Crippen LogP) is 3.79. The van der Waals surface area contributed by atoms with Gasteiger partial charge in [0.2, 0.25) is 0 Å². The first-order valence-electron chi connectivity index (χ1n) is 8.88. The van der Waals surface area contributed by atoms with Gasteiger partial charge < -0.3 is 14.7 Å². The third-order valence-electron chi connectivity index (χ3n) is 5.11. The summed E-state index contributed by atoms with van der Waals surface area (Å²) in [6.07, 6.45) is 0. The summed E-state index contributed by atoms with van der Waals surface area (Å²) in [7, 11) is 1.62. The standard InChI is InChI=1S/C23H21NO3/c1-16-7-11-18(12-8-16)23(26)20-5-3-4-6-21(20)24(22(23)25)15-17-9-13-19(27-2)14-10-17/h3-14,26H,15H2,1-2H3/t23-/m1/s1. The molecule has 0 aromatic heterocycles. The quantitative estimate of drug-likeness (QED) is 0.771. The van der Waals surface area contributed by atoms with Gasteiger partial charge in [0.15, 0.2) is 5.60 Å². The molecule has 0 fully saturated rings. The van der Waals surface area contributed by atoms with Crippen molar-refractivity contribution in [2.75, 3.05) is 12.0 Å². The maximum Gasteiger partial charge on any atom is 0.268 e. The van der Waals surface area contributed by atoms with E-state index in [-0.39, 0.29) is 5.91 Å². The number of rotatable bonds is 4. The molecule has 0 saturated carbocycles. The summed E-state index contributed by atoms with van der Waals surface area (Å²) < 4.78 is 5.20. The van der Waals surface area contributed by atoms with Crippen LogP contribution in [0.5, 0.6) is 5.75 Å². The van der Waals surface area contributed by atoms with E-state index >= 15 is 0 Å². The van der Waals surface area contributed by atoms with Gasteiger partial charge in [-0.15, -0.1) is 0 Å². The van der Waals surface area contributed by atoms with Crippen molar-refractivity contribution in [1.82, 2.24) is 0 Å². The van der Waals surface area contributed by atoms with Crippen molar-refractivity contribution in [2.45, 2.75) is 19.1 Å². The third-order valence-corrected chi connectivity index (χ3v) is 5.11. The van der Waals surface area contributed by atoms with Crippen LogP contribution in [0.3, 0.4) is 0 Å². The summed E-state index contributed by atoms with van der Waals surface area (Å²) in [5.74, 6) is 0.437. The maximum absolute atomic E-state index is 13.3. The second kappa shape index (κ2) is 6.56. The van der Waals surface area contributed by atoms with Crippen molar-refractivity contribution in [3.05, 3.63) is 95.1 Å². The van der Waals surface area contributed by atoms with Crippen LogP contribution in [-0.2, 0) is 16.9 Å². The first-order chi connectivity index (χ1) is 13.0. The molecule has 0 bridgehead atoms. The van der Waals surface area contributed by atoms with Crippen LogP contribution in [-0.4, -0.2) is 18.1 Å². The maximum atomic E-state index is 13.3. The second-order valence-electron chi connectivity index (χ2n) is 6.83. The molecular weight excluding hydrogens is 338 g/mol. The zero-order valence-corrected chi connectivity index (χ0v) is 15.3. The number of fused-ring (bicyclic) bond motifs is 1. The highest BCUT2D eigenvalue weighted by molar-refractivity contribution is 6.09. The molecule has 1 heterocycles. The van der Waals surface area contributed by atoms with E-state index in [0.717, 1.165) is 22.6 Å². The fraction of sp³-hybridized carbons (Fsp3) is 0.174. The predicted molar refractivity (Wildman–Crippen MR) is 105 cm³/mol. The molecule has 4 rings (SSSR count). The van der Waals surface area contributed by atoms with Gasteiger partial charge in [-0.05, 0) is 36.2 Å². The first-order valence-corrected chi connectivity index (χ1v) is 8.88. The minimum absolute atomic E-state index is 0.330. The Morgan fingerprint density at radius 2 is 1.63 bits per heavy atom.